The Balaban J connectivity index is 2.22. The van der Waals surface area contributed by atoms with E-state index in [9.17, 15) is 23.3 Å². The molecule has 0 fully saturated rings. The molecule has 2 aromatic carbocycles. The Labute approximate surface area is 154 Å². The van der Waals surface area contributed by atoms with Crippen LogP contribution in [0.1, 0.15) is 0 Å². The van der Waals surface area contributed by atoms with Gasteiger partial charge in [-0.1, -0.05) is 0 Å². The van der Waals surface area contributed by atoms with Gasteiger partial charge in [0.05, 0.1) is 30.1 Å². The predicted octanol–water partition coefficient (Wildman–Crippen LogP) is 1.96. The van der Waals surface area contributed by atoms with Gasteiger partial charge >= 0.3 is 5.97 Å². The molecule has 0 aliphatic carbocycles. The lowest BCUT2D eigenvalue weighted by Gasteiger charge is -2.10. The van der Waals surface area contributed by atoms with Crippen molar-refractivity contribution < 1.29 is 32.3 Å². The largest absolute Gasteiger partial charge is 0.496 e. The minimum atomic E-state index is -4.08. The fourth-order valence-electron chi connectivity index (χ4n) is 2.00. The molecule has 144 valence electrons. The summed E-state index contributed by atoms with van der Waals surface area (Å²) in [6.45, 7) is -0.321. The number of benzene rings is 2. The van der Waals surface area contributed by atoms with Crippen molar-refractivity contribution in [2.75, 3.05) is 25.5 Å². The van der Waals surface area contributed by atoms with Gasteiger partial charge in [-0.05, 0) is 36.4 Å². The molecule has 2 aromatic rings. The van der Waals surface area contributed by atoms with Gasteiger partial charge in [-0.15, -0.1) is 0 Å². The van der Waals surface area contributed by atoms with Crippen LogP contribution in [0.5, 0.6) is 11.5 Å². The van der Waals surface area contributed by atoms with E-state index < -0.39 is 26.6 Å². The van der Waals surface area contributed by atoms with E-state index in [1.807, 2.05) is 0 Å². The number of carbonyl (C=O) groups is 1. The minimum absolute atomic E-state index is 0.141. The van der Waals surface area contributed by atoms with E-state index in [4.69, 9.17) is 9.47 Å². The van der Waals surface area contributed by atoms with Gasteiger partial charge in [-0.25, -0.2) is 13.2 Å². The van der Waals surface area contributed by atoms with Crippen LogP contribution in [0, 0.1) is 10.1 Å². The molecule has 0 aliphatic rings. The molecule has 0 saturated carbocycles. The average molecular weight is 396 g/mol. The summed E-state index contributed by atoms with van der Waals surface area (Å²) >= 11 is 0. The SMILES string of the molecule is COC(=O)COc1ccc(S(=O)(=O)Nc2ccc(OC)cc2[N+](=O)[O-])cc1. The summed E-state index contributed by atoms with van der Waals surface area (Å²) in [6, 6.07) is 8.92. The molecule has 0 radical (unpaired) electrons. The van der Waals surface area contributed by atoms with E-state index in [0.717, 1.165) is 6.07 Å². The Bertz CT molecular complexity index is 941. The maximum Gasteiger partial charge on any atom is 0.343 e. The Morgan fingerprint density at radius 2 is 1.74 bits per heavy atom. The minimum Gasteiger partial charge on any atom is -0.496 e. The second-order valence-electron chi connectivity index (χ2n) is 5.08. The summed E-state index contributed by atoms with van der Waals surface area (Å²) in [7, 11) is -1.53. The fourth-order valence-corrected chi connectivity index (χ4v) is 3.07. The van der Waals surface area contributed by atoms with Crippen molar-refractivity contribution in [1.29, 1.82) is 0 Å². The Morgan fingerprint density at radius 1 is 1.11 bits per heavy atom. The number of esters is 1. The molecule has 27 heavy (non-hydrogen) atoms. The number of hydrogen-bond donors (Lipinski definition) is 1. The summed E-state index contributed by atoms with van der Waals surface area (Å²) in [5.74, 6) is -0.105. The summed E-state index contributed by atoms with van der Waals surface area (Å²) in [6.07, 6.45) is 0. The van der Waals surface area contributed by atoms with Crippen LogP contribution in [-0.4, -0.2) is 40.1 Å². The molecule has 1 N–H and O–H groups in total. The molecule has 0 aliphatic heterocycles. The highest BCUT2D eigenvalue weighted by Crippen LogP contribution is 2.31. The zero-order valence-corrected chi connectivity index (χ0v) is 15.2. The fraction of sp³-hybridized carbons (Fsp3) is 0.188. The molecule has 11 heteroatoms. The number of sulfonamides is 1. The second-order valence-corrected chi connectivity index (χ2v) is 6.76. The van der Waals surface area contributed by atoms with Crippen molar-refractivity contribution in [3.63, 3.8) is 0 Å². The number of hydrogen-bond acceptors (Lipinski definition) is 8. The summed E-state index contributed by atoms with van der Waals surface area (Å²) < 4.78 is 41.6. The topological polar surface area (TPSA) is 134 Å². The zero-order valence-electron chi connectivity index (χ0n) is 14.4. The predicted molar refractivity (Wildman–Crippen MR) is 94.4 cm³/mol. The lowest BCUT2D eigenvalue weighted by atomic mass is 10.2. The third-order valence-corrected chi connectivity index (χ3v) is 4.75. The van der Waals surface area contributed by atoms with Crippen LogP contribution in [0.15, 0.2) is 47.4 Å². The first-order chi connectivity index (χ1) is 12.8. The second kappa shape index (κ2) is 8.36. The van der Waals surface area contributed by atoms with E-state index in [1.54, 1.807) is 0 Å². The van der Waals surface area contributed by atoms with Gasteiger partial charge in [0.25, 0.3) is 15.7 Å². The number of ether oxygens (including phenoxy) is 3. The van der Waals surface area contributed by atoms with Crippen LogP contribution < -0.4 is 14.2 Å². The third kappa shape index (κ3) is 5.07. The molecular weight excluding hydrogens is 380 g/mol. The van der Waals surface area contributed by atoms with Gasteiger partial charge in [0.1, 0.15) is 17.2 Å². The van der Waals surface area contributed by atoms with E-state index in [0.29, 0.717) is 0 Å². The number of methoxy groups -OCH3 is 2. The van der Waals surface area contributed by atoms with Crippen molar-refractivity contribution in [3.05, 3.63) is 52.6 Å². The van der Waals surface area contributed by atoms with Crippen LogP contribution in [0.2, 0.25) is 0 Å². The van der Waals surface area contributed by atoms with Crippen molar-refractivity contribution in [2.45, 2.75) is 4.90 Å². The molecule has 0 spiro atoms. The Kier molecular flexibility index (Phi) is 6.19. The Morgan fingerprint density at radius 3 is 2.30 bits per heavy atom. The normalized spacial score (nSPS) is 10.7. The Hall–Kier alpha value is -3.34. The quantitative estimate of drug-likeness (QED) is 0.406. The molecular formula is C16H16N2O8S. The standard InChI is InChI=1S/C16H16N2O8S/c1-24-12-5-8-14(15(9-12)18(20)21)17-27(22,23)13-6-3-11(4-7-13)26-10-16(19)25-2/h3-9,17H,10H2,1-2H3. The molecule has 0 amide bonds. The maximum absolute atomic E-state index is 12.5. The van der Waals surface area contributed by atoms with Gasteiger partial charge in [0.15, 0.2) is 6.61 Å². The number of carbonyl (C=O) groups excluding carboxylic acids is 1. The van der Waals surface area contributed by atoms with Crippen molar-refractivity contribution in [3.8, 4) is 11.5 Å². The number of rotatable bonds is 8. The van der Waals surface area contributed by atoms with Gasteiger partial charge in [0.2, 0.25) is 0 Å². The molecule has 0 aromatic heterocycles. The molecule has 0 atom stereocenters. The van der Waals surface area contributed by atoms with Crippen molar-refractivity contribution >= 4 is 27.4 Å². The number of nitro benzene ring substituents is 1. The van der Waals surface area contributed by atoms with Gasteiger partial charge in [-0.3, -0.25) is 14.8 Å². The van der Waals surface area contributed by atoms with Gasteiger partial charge in [-0.2, -0.15) is 0 Å². The van der Waals surface area contributed by atoms with Gasteiger partial charge in [0, 0.05) is 0 Å². The molecule has 0 heterocycles. The van der Waals surface area contributed by atoms with E-state index in [1.165, 1.54) is 50.6 Å². The number of nitrogens with one attached hydrogen (secondary N) is 1. The lowest BCUT2D eigenvalue weighted by molar-refractivity contribution is -0.384. The van der Waals surface area contributed by atoms with Crippen molar-refractivity contribution in [2.24, 2.45) is 0 Å². The van der Waals surface area contributed by atoms with Crippen LogP contribution in [0.4, 0.5) is 11.4 Å². The van der Waals surface area contributed by atoms with E-state index >= 15 is 0 Å². The van der Waals surface area contributed by atoms with Crippen LogP contribution in [-0.2, 0) is 19.6 Å². The highest BCUT2D eigenvalue weighted by Gasteiger charge is 2.21. The van der Waals surface area contributed by atoms with E-state index in [2.05, 4.69) is 9.46 Å². The van der Waals surface area contributed by atoms with Crippen molar-refractivity contribution in [1.82, 2.24) is 0 Å². The zero-order chi connectivity index (χ0) is 20.0. The third-order valence-electron chi connectivity index (χ3n) is 3.36. The van der Waals surface area contributed by atoms with Crippen LogP contribution in [0.3, 0.4) is 0 Å². The van der Waals surface area contributed by atoms with Crippen LogP contribution in [0.25, 0.3) is 0 Å². The molecule has 10 nitrogen and oxygen atoms in total. The smallest absolute Gasteiger partial charge is 0.343 e. The summed E-state index contributed by atoms with van der Waals surface area (Å²) in [5.41, 5.74) is -0.650. The lowest BCUT2D eigenvalue weighted by Crippen LogP contribution is -2.14. The first kappa shape index (κ1) is 20.0. The number of nitro groups is 1. The number of anilines is 1. The van der Waals surface area contributed by atoms with Gasteiger partial charge < -0.3 is 14.2 Å². The average Bonchev–Trinajstić information content (AvgIpc) is 2.66. The van der Waals surface area contributed by atoms with E-state index in [-0.39, 0.29) is 28.7 Å². The maximum atomic E-state index is 12.5. The number of nitrogens with zero attached hydrogens (tertiary/aromatic N) is 1. The molecule has 0 saturated heterocycles. The molecule has 2 rings (SSSR count). The first-order valence-corrected chi connectivity index (χ1v) is 8.90. The monoisotopic (exact) mass is 396 g/mol. The summed E-state index contributed by atoms with van der Waals surface area (Å²) in [5, 5.41) is 11.2. The molecule has 0 bridgehead atoms. The van der Waals surface area contributed by atoms with Crippen LogP contribution >= 0.6 is 0 Å². The first-order valence-electron chi connectivity index (χ1n) is 7.41. The highest BCUT2D eigenvalue weighted by atomic mass is 32.2. The molecule has 0 unspecified atom stereocenters. The summed E-state index contributed by atoms with van der Waals surface area (Å²) in [4.78, 5) is 21.3. The highest BCUT2D eigenvalue weighted by molar-refractivity contribution is 7.92.